The zero-order valence-electron chi connectivity index (χ0n) is 28.6. The van der Waals surface area contributed by atoms with E-state index in [0.717, 1.165) is 38.9 Å². The molecule has 4 heterocycles. The van der Waals surface area contributed by atoms with Crippen LogP contribution < -0.4 is 10.2 Å². The van der Waals surface area contributed by atoms with Gasteiger partial charge in [0.25, 0.3) is 5.91 Å². The summed E-state index contributed by atoms with van der Waals surface area (Å²) in [5, 5.41) is 10.6. The molecule has 0 fully saturated rings. The Morgan fingerprint density at radius 3 is 2.57 bits per heavy atom. The quantitative estimate of drug-likeness (QED) is 0.167. The molecule has 0 spiro atoms. The number of carbonyl (C=O) groups excluding carboxylic acids is 2. The third-order valence-electron chi connectivity index (χ3n) is 8.93. The Morgan fingerprint density at radius 2 is 1.73 bits per heavy atom. The van der Waals surface area contributed by atoms with Gasteiger partial charge in [-0.3, -0.25) is 14.8 Å². The van der Waals surface area contributed by atoms with Crippen LogP contribution in [0.15, 0.2) is 109 Å². The van der Waals surface area contributed by atoms with Gasteiger partial charge in [0.1, 0.15) is 11.4 Å². The van der Waals surface area contributed by atoms with Gasteiger partial charge in [-0.2, -0.15) is 5.10 Å². The second kappa shape index (κ2) is 13.1. The Morgan fingerprint density at radius 1 is 0.902 bits per heavy atom. The molecule has 10 heteroatoms. The molecule has 0 saturated heterocycles. The third-order valence-corrected chi connectivity index (χ3v) is 9.88. The summed E-state index contributed by atoms with van der Waals surface area (Å²) in [5.41, 5.74) is 5.56. The van der Waals surface area contributed by atoms with E-state index >= 15 is 0 Å². The molecule has 0 aliphatic carbocycles. The molecule has 0 unspecified atom stereocenters. The highest BCUT2D eigenvalue weighted by atomic mass is 32.1. The highest BCUT2D eigenvalue weighted by Gasteiger charge is 2.27. The predicted octanol–water partition coefficient (Wildman–Crippen LogP) is 8.53. The Kier molecular flexibility index (Phi) is 8.31. The molecule has 7 aromatic rings. The molecule has 4 aromatic carbocycles. The summed E-state index contributed by atoms with van der Waals surface area (Å²) in [5.74, 6) is -0.0728. The van der Waals surface area contributed by atoms with Gasteiger partial charge in [0.2, 0.25) is 0 Å². The molecule has 0 atom stereocenters. The first kappa shape index (κ1) is 32.3. The third kappa shape index (κ3) is 6.82. The van der Waals surface area contributed by atoms with Crippen molar-refractivity contribution in [2.24, 2.45) is 0 Å². The van der Waals surface area contributed by atoms with E-state index in [1.807, 2.05) is 92.3 Å². The number of aromatic nitrogens is 4. The molecular weight excluding hydrogens is 657 g/mol. The van der Waals surface area contributed by atoms with Crippen LogP contribution in [0.25, 0.3) is 32.1 Å². The number of para-hydroxylation sites is 1. The van der Waals surface area contributed by atoms with Gasteiger partial charge in [0.05, 0.1) is 23.0 Å². The number of pyridine rings is 1. The van der Waals surface area contributed by atoms with E-state index in [1.165, 1.54) is 22.1 Å². The van der Waals surface area contributed by atoms with Crippen molar-refractivity contribution < 1.29 is 14.3 Å². The lowest BCUT2D eigenvalue weighted by molar-refractivity contribution is 0.00638. The topological polar surface area (TPSA) is 102 Å². The van der Waals surface area contributed by atoms with Gasteiger partial charge in [-0.1, -0.05) is 72.0 Å². The Balaban J connectivity index is 1.07. The lowest BCUT2D eigenvalue weighted by Crippen LogP contribution is -2.33. The largest absolute Gasteiger partial charge is 0.455 e. The molecule has 9 nitrogen and oxygen atoms in total. The number of thiazole rings is 1. The molecule has 0 bridgehead atoms. The molecule has 8 rings (SSSR count). The number of nitrogens with one attached hydrogen (secondary N) is 1. The second-order valence-corrected chi connectivity index (χ2v) is 14.8. The minimum Gasteiger partial charge on any atom is -0.455 e. The first-order valence-electron chi connectivity index (χ1n) is 16.9. The van der Waals surface area contributed by atoms with Crippen LogP contribution in [0.1, 0.15) is 58.3 Å². The summed E-state index contributed by atoms with van der Waals surface area (Å²) in [7, 11) is 0. The van der Waals surface area contributed by atoms with Gasteiger partial charge in [-0.25, -0.2) is 14.8 Å². The smallest absolute Gasteiger partial charge is 0.358 e. The lowest BCUT2D eigenvalue weighted by atomic mass is 9.94. The van der Waals surface area contributed by atoms with Crippen LogP contribution in [0, 0.1) is 0 Å². The highest BCUT2D eigenvalue weighted by molar-refractivity contribution is 7.22. The molecule has 1 aliphatic heterocycles. The first-order valence-corrected chi connectivity index (χ1v) is 17.8. The van der Waals surface area contributed by atoms with Gasteiger partial charge in [0.15, 0.2) is 10.8 Å². The minimum absolute atomic E-state index is 0.203. The van der Waals surface area contributed by atoms with E-state index in [4.69, 9.17) is 9.72 Å². The van der Waals surface area contributed by atoms with Crippen LogP contribution in [-0.2, 0) is 24.2 Å². The van der Waals surface area contributed by atoms with Gasteiger partial charge in [0, 0.05) is 36.0 Å². The average Bonchev–Trinajstić information content (AvgIpc) is 3.76. The van der Waals surface area contributed by atoms with Crippen molar-refractivity contribution in [3.8, 4) is 11.1 Å². The Hall–Kier alpha value is -5.87. The number of hydrogen-bond donors (Lipinski definition) is 1. The fraction of sp³-hybridized carbons (Fsp3) is 0.195. The number of rotatable bonds is 7. The number of fused-ring (bicyclic) bond motifs is 3. The van der Waals surface area contributed by atoms with Crippen molar-refractivity contribution in [2.45, 2.75) is 45.9 Å². The van der Waals surface area contributed by atoms with E-state index in [0.29, 0.717) is 41.7 Å². The van der Waals surface area contributed by atoms with Crippen LogP contribution in [0.5, 0.6) is 0 Å². The number of benzene rings is 4. The van der Waals surface area contributed by atoms with Gasteiger partial charge < -0.3 is 9.64 Å². The fourth-order valence-corrected chi connectivity index (χ4v) is 7.39. The summed E-state index contributed by atoms with van der Waals surface area (Å²) in [6, 6.07) is 32.2. The molecule has 1 N–H and O–H groups in total. The SMILES string of the molecule is CC(C)(C)OC(=O)c1nc(N2CCc3cccc(C(=O)Nc4nc5ccccc5s4)c3C2)ccc1-c1cnn(Cc2ccc3ccccc3c2)c1. The van der Waals surface area contributed by atoms with E-state index in [2.05, 4.69) is 56.7 Å². The number of amides is 1. The van der Waals surface area contributed by atoms with Crippen molar-refractivity contribution in [2.75, 3.05) is 16.8 Å². The molecule has 0 saturated carbocycles. The summed E-state index contributed by atoms with van der Waals surface area (Å²) in [6.45, 7) is 7.26. The molecule has 1 amide bonds. The maximum atomic E-state index is 13.7. The average molecular weight is 693 g/mol. The van der Waals surface area contributed by atoms with Crippen molar-refractivity contribution >= 4 is 55.2 Å². The standard InChI is InChI=1S/C41H36N6O3S/c1-41(2,3)50-39(49)37-31(30-22-42-47(24-30)23-26-15-16-27-9-4-5-10-29(27)21-26)17-18-36(44-37)46-20-19-28-11-8-12-32(33(28)25-46)38(48)45-40-43-34-13-6-7-14-35(34)51-40/h4-18,21-22,24H,19-20,23,25H2,1-3H3,(H,43,45,48). The first-order chi connectivity index (χ1) is 24.7. The van der Waals surface area contributed by atoms with Crippen LogP contribution in [0.2, 0.25) is 0 Å². The van der Waals surface area contributed by atoms with Crippen molar-refractivity contribution in [1.29, 1.82) is 0 Å². The van der Waals surface area contributed by atoms with E-state index in [-0.39, 0.29) is 11.6 Å². The Bertz CT molecular complexity index is 2410. The fourth-order valence-electron chi connectivity index (χ4n) is 6.53. The predicted molar refractivity (Wildman–Crippen MR) is 202 cm³/mol. The monoisotopic (exact) mass is 692 g/mol. The van der Waals surface area contributed by atoms with Crippen LogP contribution in [-0.4, -0.2) is 43.8 Å². The summed E-state index contributed by atoms with van der Waals surface area (Å²) in [6.07, 6.45) is 4.43. The maximum Gasteiger partial charge on any atom is 0.358 e. The van der Waals surface area contributed by atoms with Crippen molar-refractivity contribution in [3.63, 3.8) is 0 Å². The highest BCUT2D eigenvalue weighted by Crippen LogP contribution is 2.32. The van der Waals surface area contributed by atoms with Crippen LogP contribution in [0.3, 0.4) is 0 Å². The van der Waals surface area contributed by atoms with Gasteiger partial charge >= 0.3 is 5.97 Å². The number of esters is 1. The van der Waals surface area contributed by atoms with E-state index < -0.39 is 11.6 Å². The number of anilines is 2. The van der Waals surface area contributed by atoms with Crippen LogP contribution >= 0.6 is 11.3 Å². The van der Waals surface area contributed by atoms with Crippen molar-refractivity contribution in [1.82, 2.24) is 19.7 Å². The number of hydrogen-bond acceptors (Lipinski definition) is 8. The normalized spacial score (nSPS) is 13.0. The van der Waals surface area contributed by atoms with Crippen molar-refractivity contribution in [3.05, 3.63) is 137 Å². The van der Waals surface area contributed by atoms with Gasteiger partial charge in [-0.05, 0) is 91.1 Å². The minimum atomic E-state index is -0.706. The molecular formula is C41H36N6O3S. The molecule has 254 valence electrons. The molecule has 3 aromatic heterocycles. The summed E-state index contributed by atoms with van der Waals surface area (Å²) >= 11 is 1.45. The second-order valence-electron chi connectivity index (χ2n) is 13.7. The maximum absolute atomic E-state index is 13.7. The molecule has 1 aliphatic rings. The molecule has 51 heavy (non-hydrogen) atoms. The zero-order chi connectivity index (χ0) is 35.1. The molecule has 0 radical (unpaired) electrons. The number of carbonyl (C=O) groups is 2. The van der Waals surface area contributed by atoms with E-state index in [9.17, 15) is 9.59 Å². The number of nitrogens with zero attached hydrogens (tertiary/aromatic N) is 5. The lowest BCUT2D eigenvalue weighted by Gasteiger charge is -2.31. The zero-order valence-corrected chi connectivity index (χ0v) is 29.4. The Labute approximate surface area is 299 Å². The number of ether oxygens (including phenoxy) is 1. The summed E-state index contributed by atoms with van der Waals surface area (Å²) in [4.78, 5) is 38.9. The van der Waals surface area contributed by atoms with Crippen LogP contribution in [0.4, 0.5) is 10.9 Å². The summed E-state index contributed by atoms with van der Waals surface area (Å²) < 4.78 is 8.74. The van der Waals surface area contributed by atoms with Gasteiger partial charge in [-0.15, -0.1) is 0 Å². The van der Waals surface area contributed by atoms with E-state index in [1.54, 1.807) is 6.20 Å².